The number of thiophene rings is 1. The molecule has 1 amide bonds. The molecule has 0 unspecified atom stereocenters. The largest absolute Gasteiger partial charge is 0.497 e. The van der Waals surface area contributed by atoms with Gasteiger partial charge in [-0.3, -0.25) is 4.79 Å². The zero-order valence-corrected chi connectivity index (χ0v) is 17.8. The summed E-state index contributed by atoms with van der Waals surface area (Å²) in [6.07, 6.45) is 6.03. The summed E-state index contributed by atoms with van der Waals surface area (Å²) in [4.78, 5) is 22.0. The molecule has 1 fully saturated rings. The van der Waals surface area contributed by atoms with Crippen molar-refractivity contribution in [2.45, 2.75) is 37.8 Å². The Morgan fingerprint density at radius 3 is 2.83 bits per heavy atom. The third-order valence-corrected chi connectivity index (χ3v) is 6.26. The molecule has 2 atom stereocenters. The minimum atomic E-state index is -0.260. The fraction of sp³-hybridized carbons (Fsp3) is 0.381. The maximum absolute atomic E-state index is 13.0. The van der Waals surface area contributed by atoms with E-state index in [1.54, 1.807) is 44.0 Å². The second kappa shape index (κ2) is 8.85. The highest BCUT2D eigenvalue weighted by Gasteiger charge is 2.23. The molecule has 158 valence electrons. The lowest BCUT2D eigenvalue weighted by Crippen LogP contribution is -2.42. The minimum Gasteiger partial charge on any atom is -0.497 e. The number of ether oxygens (including phenoxy) is 2. The van der Waals surface area contributed by atoms with Gasteiger partial charge in [0.15, 0.2) is 0 Å². The van der Waals surface area contributed by atoms with Crippen LogP contribution in [0.2, 0.25) is 0 Å². The van der Waals surface area contributed by atoms with Crippen LogP contribution in [-0.4, -0.2) is 42.2 Å². The quantitative estimate of drug-likeness (QED) is 0.551. The molecular formula is C21H25N5O3S. The van der Waals surface area contributed by atoms with E-state index in [9.17, 15) is 4.79 Å². The van der Waals surface area contributed by atoms with E-state index in [-0.39, 0.29) is 18.0 Å². The van der Waals surface area contributed by atoms with Crippen LogP contribution in [0.3, 0.4) is 0 Å². The van der Waals surface area contributed by atoms with Crippen molar-refractivity contribution in [1.82, 2.24) is 9.97 Å². The molecule has 4 rings (SSSR count). The molecule has 30 heavy (non-hydrogen) atoms. The number of nitrogens with two attached hydrogens (primary N) is 1. The van der Waals surface area contributed by atoms with Crippen LogP contribution in [-0.2, 0) is 0 Å². The fourth-order valence-corrected chi connectivity index (χ4v) is 4.50. The first kappa shape index (κ1) is 20.4. The van der Waals surface area contributed by atoms with Gasteiger partial charge in [-0.05, 0) is 25.0 Å². The summed E-state index contributed by atoms with van der Waals surface area (Å²) in [6, 6.07) is 5.47. The summed E-state index contributed by atoms with van der Waals surface area (Å²) in [7, 11) is 3.13. The molecule has 2 heterocycles. The molecule has 8 nitrogen and oxygen atoms in total. The second-order valence-corrected chi connectivity index (χ2v) is 8.19. The van der Waals surface area contributed by atoms with Gasteiger partial charge in [0.25, 0.3) is 5.91 Å². The SMILES string of the molecule is COc1ccc(NC(=O)c2csc3cnc(N[C@H]4CCCC[C@H]4N)nc23)c(OC)c1. The number of amides is 1. The van der Waals surface area contributed by atoms with Gasteiger partial charge in [0.1, 0.15) is 11.5 Å². The van der Waals surface area contributed by atoms with Gasteiger partial charge < -0.3 is 25.8 Å². The number of hydrogen-bond acceptors (Lipinski definition) is 8. The summed E-state index contributed by atoms with van der Waals surface area (Å²) < 4.78 is 11.4. The number of anilines is 2. The normalized spacial score (nSPS) is 18.8. The topological polar surface area (TPSA) is 111 Å². The van der Waals surface area contributed by atoms with Crippen molar-refractivity contribution in [2.24, 2.45) is 5.73 Å². The Hall–Kier alpha value is -2.91. The molecule has 1 aromatic carbocycles. The van der Waals surface area contributed by atoms with E-state index in [2.05, 4.69) is 20.6 Å². The van der Waals surface area contributed by atoms with E-state index in [0.717, 1.165) is 30.4 Å². The number of hydrogen-bond donors (Lipinski definition) is 3. The molecule has 0 bridgehead atoms. The Kier molecular flexibility index (Phi) is 6.01. The molecule has 4 N–H and O–H groups in total. The number of carbonyl (C=O) groups excluding carboxylic acids is 1. The maximum Gasteiger partial charge on any atom is 0.258 e. The van der Waals surface area contributed by atoms with Gasteiger partial charge in [-0.2, -0.15) is 0 Å². The predicted molar refractivity (Wildman–Crippen MR) is 119 cm³/mol. The van der Waals surface area contributed by atoms with Crippen molar-refractivity contribution < 1.29 is 14.3 Å². The Balaban J connectivity index is 1.57. The third-order valence-electron chi connectivity index (χ3n) is 5.35. The molecular weight excluding hydrogens is 402 g/mol. The zero-order chi connectivity index (χ0) is 21.1. The van der Waals surface area contributed by atoms with Crippen molar-refractivity contribution in [3.8, 4) is 11.5 Å². The van der Waals surface area contributed by atoms with Gasteiger partial charge in [-0.1, -0.05) is 12.8 Å². The van der Waals surface area contributed by atoms with E-state index in [4.69, 9.17) is 15.2 Å². The van der Waals surface area contributed by atoms with Crippen LogP contribution in [0.25, 0.3) is 10.2 Å². The molecule has 1 aliphatic rings. The van der Waals surface area contributed by atoms with Crippen LogP contribution < -0.4 is 25.8 Å². The van der Waals surface area contributed by atoms with Crippen molar-refractivity contribution in [2.75, 3.05) is 24.9 Å². The third kappa shape index (κ3) is 4.17. The highest BCUT2D eigenvalue weighted by molar-refractivity contribution is 7.17. The summed E-state index contributed by atoms with van der Waals surface area (Å²) in [5.74, 6) is 1.41. The number of benzene rings is 1. The molecule has 3 aromatic rings. The highest BCUT2D eigenvalue weighted by atomic mass is 32.1. The van der Waals surface area contributed by atoms with E-state index in [1.807, 2.05) is 0 Å². The summed E-state index contributed by atoms with van der Waals surface area (Å²) in [5.41, 5.74) is 7.90. The van der Waals surface area contributed by atoms with Crippen LogP contribution in [0.4, 0.5) is 11.6 Å². The van der Waals surface area contributed by atoms with Crippen LogP contribution >= 0.6 is 11.3 Å². The zero-order valence-electron chi connectivity index (χ0n) is 17.0. The van der Waals surface area contributed by atoms with Crippen LogP contribution in [0.15, 0.2) is 29.8 Å². The van der Waals surface area contributed by atoms with Crippen LogP contribution in [0.5, 0.6) is 11.5 Å². The van der Waals surface area contributed by atoms with Crippen LogP contribution in [0, 0.1) is 0 Å². The number of rotatable bonds is 6. The van der Waals surface area contributed by atoms with Gasteiger partial charge >= 0.3 is 0 Å². The Morgan fingerprint density at radius 2 is 2.07 bits per heavy atom. The van der Waals surface area contributed by atoms with Gasteiger partial charge in [-0.25, -0.2) is 9.97 Å². The first-order valence-electron chi connectivity index (χ1n) is 9.88. The molecule has 0 aliphatic heterocycles. The van der Waals surface area contributed by atoms with Crippen molar-refractivity contribution in [3.63, 3.8) is 0 Å². The van der Waals surface area contributed by atoms with Crippen LogP contribution in [0.1, 0.15) is 36.0 Å². The number of nitrogens with one attached hydrogen (secondary N) is 2. The summed E-state index contributed by atoms with van der Waals surface area (Å²) >= 11 is 1.43. The molecule has 2 aromatic heterocycles. The Labute approximate surface area is 178 Å². The second-order valence-electron chi connectivity index (χ2n) is 7.28. The molecule has 0 saturated heterocycles. The van der Waals surface area contributed by atoms with Crippen molar-refractivity contribution >= 4 is 39.1 Å². The first-order chi connectivity index (χ1) is 14.6. The first-order valence-corrected chi connectivity index (χ1v) is 10.8. The number of nitrogens with zero attached hydrogens (tertiary/aromatic N) is 2. The highest BCUT2D eigenvalue weighted by Crippen LogP contribution is 2.31. The lowest BCUT2D eigenvalue weighted by molar-refractivity contribution is 0.102. The fourth-order valence-electron chi connectivity index (χ4n) is 3.65. The number of carbonyl (C=O) groups is 1. The van der Waals surface area contributed by atoms with Gasteiger partial charge in [0.2, 0.25) is 5.95 Å². The summed E-state index contributed by atoms with van der Waals surface area (Å²) in [5, 5.41) is 8.05. The number of fused-ring (bicyclic) bond motifs is 1. The summed E-state index contributed by atoms with van der Waals surface area (Å²) in [6.45, 7) is 0. The monoisotopic (exact) mass is 427 g/mol. The van der Waals surface area contributed by atoms with Gasteiger partial charge in [-0.15, -0.1) is 11.3 Å². The smallest absolute Gasteiger partial charge is 0.258 e. The van der Waals surface area contributed by atoms with Crippen molar-refractivity contribution in [1.29, 1.82) is 0 Å². The number of aromatic nitrogens is 2. The average molecular weight is 428 g/mol. The molecule has 0 radical (unpaired) electrons. The minimum absolute atomic E-state index is 0.0887. The van der Waals surface area contributed by atoms with Crippen molar-refractivity contribution in [3.05, 3.63) is 35.3 Å². The lowest BCUT2D eigenvalue weighted by Gasteiger charge is -2.29. The number of methoxy groups -OCH3 is 2. The molecule has 9 heteroatoms. The lowest BCUT2D eigenvalue weighted by atomic mass is 9.91. The molecule has 1 saturated carbocycles. The Bertz CT molecular complexity index is 1050. The molecule has 1 aliphatic carbocycles. The van der Waals surface area contributed by atoms with Gasteiger partial charge in [0, 0.05) is 23.5 Å². The van der Waals surface area contributed by atoms with E-state index >= 15 is 0 Å². The maximum atomic E-state index is 13.0. The van der Waals surface area contributed by atoms with Gasteiger partial charge in [0.05, 0.1) is 41.9 Å². The Morgan fingerprint density at radius 1 is 1.23 bits per heavy atom. The van der Waals surface area contributed by atoms with E-state index in [1.165, 1.54) is 11.3 Å². The standard InChI is InChI=1S/C21H25N5O3S/c1-28-12-7-8-16(17(9-12)29-2)24-20(27)13-11-30-18-10-23-21(26-19(13)18)25-15-6-4-3-5-14(15)22/h7-11,14-15H,3-6,22H2,1-2H3,(H,24,27)(H,23,25,26)/t14-,15+/m1/s1. The molecule has 0 spiro atoms. The van der Waals surface area contributed by atoms with E-state index in [0.29, 0.717) is 34.2 Å². The van der Waals surface area contributed by atoms with E-state index < -0.39 is 0 Å². The predicted octanol–water partition coefficient (Wildman–Crippen LogP) is 3.64. The average Bonchev–Trinajstić information content (AvgIpc) is 3.19.